The summed E-state index contributed by atoms with van der Waals surface area (Å²) in [5, 5.41) is 9.12. The second-order valence-electron chi connectivity index (χ2n) is 5.63. The van der Waals surface area contributed by atoms with Gasteiger partial charge in [0, 0.05) is 12.1 Å². The molecule has 3 unspecified atom stereocenters. The number of carbonyl (C=O) groups is 1. The summed E-state index contributed by atoms with van der Waals surface area (Å²) in [6, 6.07) is 7.10. The minimum Gasteiger partial charge on any atom is -0.481 e. The SMILES string of the molecule is CCC(c1cccc(F)c1)N1CCC(C(=O)O)CC1C. The van der Waals surface area contributed by atoms with Crippen molar-refractivity contribution in [3.05, 3.63) is 35.6 Å². The van der Waals surface area contributed by atoms with Gasteiger partial charge in [0.2, 0.25) is 0 Å². The minimum absolute atomic E-state index is 0.162. The number of rotatable bonds is 4. The second kappa shape index (κ2) is 6.35. The van der Waals surface area contributed by atoms with Crippen LogP contribution < -0.4 is 0 Å². The van der Waals surface area contributed by atoms with Crippen LogP contribution >= 0.6 is 0 Å². The van der Waals surface area contributed by atoms with E-state index in [1.165, 1.54) is 6.07 Å². The first kappa shape index (κ1) is 15.0. The van der Waals surface area contributed by atoms with Crippen molar-refractivity contribution in [2.45, 2.75) is 45.2 Å². The molecule has 1 saturated heterocycles. The Hall–Kier alpha value is -1.42. The van der Waals surface area contributed by atoms with E-state index in [9.17, 15) is 9.18 Å². The zero-order chi connectivity index (χ0) is 14.7. The first-order chi connectivity index (χ1) is 9.52. The molecule has 110 valence electrons. The zero-order valence-electron chi connectivity index (χ0n) is 12.1. The molecule has 0 aliphatic carbocycles. The van der Waals surface area contributed by atoms with Gasteiger partial charge in [-0.1, -0.05) is 19.1 Å². The maximum absolute atomic E-state index is 13.4. The van der Waals surface area contributed by atoms with Crippen molar-refractivity contribution < 1.29 is 14.3 Å². The Morgan fingerprint density at radius 3 is 2.85 bits per heavy atom. The van der Waals surface area contributed by atoms with Crippen LogP contribution in [0.25, 0.3) is 0 Å². The number of hydrogen-bond acceptors (Lipinski definition) is 2. The maximum Gasteiger partial charge on any atom is 0.306 e. The predicted molar refractivity (Wildman–Crippen MR) is 76.0 cm³/mol. The van der Waals surface area contributed by atoms with Crippen LogP contribution in [0.5, 0.6) is 0 Å². The third-order valence-corrected chi connectivity index (χ3v) is 4.30. The molecule has 3 atom stereocenters. The molecule has 0 saturated carbocycles. The Bertz CT molecular complexity index is 477. The van der Waals surface area contributed by atoms with E-state index >= 15 is 0 Å². The zero-order valence-corrected chi connectivity index (χ0v) is 12.1. The molecule has 0 aromatic heterocycles. The first-order valence-electron chi connectivity index (χ1n) is 7.27. The molecule has 0 amide bonds. The molecule has 3 nitrogen and oxygen atoms in total. The molecule has 1 heterocycles. The Kier molecular flexibility index (Phi) is 4.76. The molecule has 2 rings (SSSR count). The molecule has 20 heavy (non-hydrogen) atoms. The summed E-state index contributed by atoms with van der Waals surface area (Å²) in [5.74, 6) is -1.16. The predicted octanol–water partition coefficient (Wildman–Crippen LogP) is 3.46. The van der Waals surface area contributed by atoms with Gasteiger partial charge >= 0.3 is 5.97 Å². The van der Waals surface area contributed by atoms with Gasteiger partial charge in [-0.3, -0.25) is 9.69 Å². The molecule has 1 aliphatic heterocycles. The normalized spacial score (nSPS) is 25.4. The number of halogens is 1. The standard InChI is InChI=1S/C16H22FNO2/c1-3-15(12-5-4-6-14(17)10-12)18-8-7-13(16(19)20)9-11(18)2/h4-6,10-11,13,15H,3,7-9H2,1-2H3,(H,19,20). The van der Waals surface area contributed by atoms with Gasteiger partial charge in [0.05, 0.1) is 5.92 Å². The molecule has 0 bridgehead atoms. The molecule has 1 aliphatic rings. The summed E-state index contributed by atoms with van der Waals surface area (Å²) in [6.07, 6.45) is 2.23. The lowest BCUT2D eigenvalue weighted by Crippen LogP contribution is -2.44. The van der Waals surface area contributed by atoms with Crippen LogP contribution in [0.15, 0.2) is 24.3 Å². The number of piperidine rings is 1. The Morgan fingerprint density at radius 1 is 1.55 bits per heavy atom. The van der Waals surface area contributed by atoms with Gasteiger partial charge in [-0.05, 0) is 50.4 Å². The number of aliphatic carboxylic acids is 1. The van der Waals surface area contributed by atoms with Crippen molar-refractivity contribution in [2.75, 3.05) is 6.54 Å². The van der Waals surface area contributed by atoms with Crippen LogP contribution in [-0.2, 0) is 4.79 Å². The number of hydrogen-bond donors (Lipinski definition) is 1. The van der Waals surface area contributed by atoms with Crippen molar-refractivity contribution in [1.82, 2.24) is 4.90 Å². The molecular formula is C16H22FNO2. The lowest BCUT2D eigenvalue weighted by Gasteiger charge is -2.41. The highest BCUT2D eigenvalue weighted by Crippen LogP contribution is 2.33. The van der Waals surface area contributed by atoms with Crippen molar-refractivity contribution in [3.63, 3.8) is 0 Å². The quantitative estimate of drug-likeness (QED) is 0.917. The molecule has 4 heteroatoms. The van der Waals surface area contributed by atoms with E-state index in [0.717, 1.165) is 18.5 Å². The lowest BCUT2D eigenvalue weighted by atomic mass is 9.89. The summed E-state index contributed by atoms with van der Waals surface area (Å²) in [7, 11) is 0. The van der Waals surface area contributed by atoms with E-state index in [1.807, 2.05) is 6.07 Å². The van der Waals surface area contributed by atoms with E-state index in [4.69, 9.17) is 5.11 Å². The Labute approximate surface area is 119 Å². The third kappa shape index (κ3) is 3.18. The summed E-state index contributed by atoms with van der Waals surface area (Å²) < 4.78 is 13.4. The van der Waals surface area contributed by atoms with Crippen LogP contribution in [-0.4, -0.2) is 28.6 Å². The van der Waals surface area contributed by atoms with E-state index in [-0.39, 0.29) is 23.8 Å². The average Bonchev–Trinajstić information content (AvgIpc) is 2.41. The molecule has 1 fully saturated rings. The molecule has 0 radical (unpaired) electrons. The fraction of sp³-hybridized carbons (Fsp3) is 0.562. The number of nitrogens with zero attached hydrogens (tertiary/aromatic N) is 1. The summed E-state index contributed by atoms with van der Waals surface area (Å²) in [5.41, 5.74) is 0.980. The van der Waals surface area contributed by atoms with E-state index in [0.29, 0.717) is 12.8 Å². The lowest BCUT2D eigenvalue weighted by molar-refractivity contribution is -0.144. The number of likely N-dealkylation sites (tertiary alicyclic amines) is 1. The highest BCUT2D eigenvalue weighted by Gasteiger charge is 2.33. The molecular weight excluding hydrogens is 257 g/mol. The van der Waals surface area contributed by atoms with Crippen LogP contribution in [0.3, 0.4) is 0 Å². The third-order valence-electron chi connectivity index (χ3n) is 4.30. The summed E-state index contributed by atoms with van der Waals surface area (Å²) in [6.45, 7) is 4.91. The fourth-order valence-corrected chi connectivity index (χ4v) is 3.25. The average molecular weight is 279 g/mol. The topological polar surface area (TPSA) is 40.5 Å². The largest absolute Gasteiger partial charge is 0.481 e. The van der Waals surface area contributed by atoms with Gasteiger partial charge in [0.25, 0.3) is 0 Å². The fourth-order valence-electron chi connectivity index (χ4n) is 3.25. The van der Waals surface area contributed by atoms with E-state index in [2.05, 4.69) is 18.7 Å². The minimum atomic E-state index is -0.699. The van der Waals surface area contributed by atoms with Crippen LogP contribution in [0, 0.1) is 11.7 Å². The van der Waals surface area contributed by atoms with Gasteiger partial charge < -0.3 is 5.11 Å². The number of carboxylic acids is 1. The molecule has 1 aromatic rings. The molecule has 1 aromatic carbocycles. The van der Waals surface area contributed by atoms with E-state index < -0.39 is 5.97 Å². The van der Waals surface area contributed by atoms with Gasteiger partial charge in [-0.2, -0.15) is 0 Å². The van der Waals surface area contributed by atoms with Gasteiger partial charge in [0.15, 0.2) is 0 Å². The van der Waals surface area contributed by atoms with Crippen molar-refractivity contribution in [1.29, 1.82) is 0 Å². The van der Waals surface area contributed by atoms with Crippen molar-refractivity contribution >= 4 is 5.97 Å². The van der Waals surface area contributed by atoms with Gasteiger partial charge in [0.1, 0.15) is 5.82 Å². The van der Waals surface area contributed by atoms with Crippen LogP contribution in [0.4, 0.5) is 4.39 Å². The monoisotopic (exact) mass is 279 g/mol. The highest BCUT2D eigenvalue weighted by molar-refractivity contribution is 5.70. The Morgan fingerprint density at radius 2 is 2.30 bits per heavy atom. The van der Waals surface area contributed by atoms with Gasteiger partial charge in [-0.15, -0.1) is 0 Å². The summed E-state index contributed by atoms with van der Waals surface area (Å²) >= 11 is 0. The molecule has 1 N–H and O–H groups in total. The number of benzene rings is 1. The maximum atomic E-state index is 13.4. The summed E-state index contributed by atoms with van der Waals surface area (Å²) in [4.78, 5) is 13.4. The number of carboxylic acid groups (broad SMARTS) is 1. The van der Waals surface area contributed by atoms with Gasteiger partial charge in [-0.25, -0.2) is 4.39 Å². The smallest absolute Gasteiger partial charge is 0.306 e. The van der Waals surface area contributed by atoms with E-state index in [1.54, 1.807) is 12.1 Å². The Balaban J connectivity index is 2.14. The van der Waals surface area contributed by atoms with Crippen molar-refractivity contribution in [2.24, 2.45) is 5.92 Å². The first-order valence-corrected chi connectivity index (χ1v) is 7.27. The van der Waals surface area contributed by atoms with Crippen molar-refractivity contribution in [3.8, 4) is 0 Å². The van der Waals surface area contributed by atoms with Crippen LogP contribution in [0.2, 0.25) is 0 Å². The second-order valence-corrected chi connectivity index (χ2v) is 5.63. The highest BCUT2D eigenvalue weighted by atomic mass is 19.1. The molecule has 0 spiro atoms. The van der Waals surface area contributed by atoms with Crippen LogP contribution in [0.1, 0.15) is 44.7 Å².